The summed E-state index contributed by atoms with van der Waals surface area (Å²) in [6.07, 6.45) is 6.94. The first kappa shape index (κ1) is 17.2. The molecule has 3 heterocycles. The Bertz CT molecular complexity index is 589. The summed E-state index contributed by atoms with van der Waals surface area (Å²) in [6.45, 7) is 10.5. The molecular formula is C19H29N3O2. The van der Waals surface area contributed by atoms with Crippen molar-refractivity contribution in [2.45, 2.75) is 52.0 Å². The highest BCUT2D eigenvalue weighted by Gasteiger charge is 2.40. The molecule has 132 valence electrons. The molecule has 2 fully saturated rings. The summed E-state index contributed by atoms with van der Waals surface area (Å²) >= 11 is 0. The second-order valence-corrected chi connectivity index (χ2v) is 8.23. The molecule has 0 aromatic carbocycles. The van der Waals surface area contributed by atoms with Gasteiger partial charge >= 0.3 is 6.03 Å². The van der Waals surface area contributed by atoms with Crippen LogP contribution in [0.4, 0.5) is 4.79 Å². The summed E-state index contributed by atoms with van der Waals surface area (Å²) in [5.41, 5.74) is 2.67. The number of nitrogens with one attached hydrogen (secondary N) is 1. The predicted octanol–water partition coefficient (Wildman–Crippen LogP) is 3.09. The number of nitrogens with zero attached hydrogens (tertiary/aromatic N) is 2. The van der Waals surface area contributed by atoms with Gasteiger partial charge in [0.15, 0.2) is 0 Å². The van der Waals surface area contributed by atoms with E-state index in [1.54, 1.807) is 0 Å². The number of ether oxygens (including phenoxy) is 1. The van der Waals surface area contributed by atoms with Crippen LogP contribution in [-0.2, 0) is 16.7 Å². The van der Waals surface area contributed by atoms with E-state index in [9.17, 15) is 4.79 Å². The van der Waals surface area contributed by atoms with E-state index in [1.165, 1.54) is 5.56 Å². The maximum atomic E-state index is 12.6. The Morgan fingerprint density at radius 1 is 1.33 bits per heavy atom. The summed E-state index contributed by atoms with van der Waals surface area (Å²) < 4.78 is 5.48. The zero-order valence-corrected chi connectivity index (χ0v) is 15.1. The lowest BCUT2D eigenvalue weighted by Crippen LogP contribution is -2.41. The molecule has 0 saturated carbocycles. The molecule has 1 N–H and O–H groups in total. The molecule has 0 radical (unpaired) electrons. The van der Waals surface area contributed by atoms with Crippen LogP contribution in [-0.4, -0.2) is 42.2 Å². The molecule has 5 heteroatoms. The Hall–Kier alpha value is -1.62. The van der Waals surface area contributed by atoms with Crippen molar-refractivity contribution in [3.63, 3.8) is 0 Å². The highest BCUT2D eigenvalue weighted by atomic mass is 16.5. The standard InChI is InChI=1S/C19H29N3O2/c1-18(2,3)16-4-8-20-12-15(16)13-21-17(23)22-9-5-19(14-22)6-10-24-11-7-19/h4,8,12H,5-7,9-11,13-14H2,1-3H3,(H,21,23). The third kappa shape index (κ3) is 3.72. The minimum absolute atomic E-state index is 0.0436. The molecule has 2 aliphatic heterocycles. The minimum atomic E-state index is 0.0436. The largest absolute Gasteiger partial charge is 0.381 e. The van der Waals surface area contributed by atoms with Crippen molar-refractivity contribution in [2.24, 2.45) is 5.41 Å². The van der Waals surface area contributed by atoms with Gasteiger partial charge in [-0.15, -0.1) is 0 Å². The van der Waals surface area contributed by atoms with E-state index in [2.05, 4.69) is 31.1 Å². The third-order valence-corrected chi connectivity index (χ3v) is 5.42. The Balaban J connectivity index is 1.59. The number of amides is 2. The normalized spacial score (nSPS) is 20.4. The highest BCUT2D eigenvalue weighted by molar-refractivity contribution is 5.74. The van der Waals surface area contributed by atoms with Crippen molar-refractivity contribution in [3.05, 3.63) is 29.6 Å². The molecule has 2 saturated heterocycles. The fourth-order valence-corrected chi connectivity index (χ4v) is 3.90. The number of likely N-dealkylation sites (tertiary alicyclic amines) is 1. The summed E-state index contributed by atoms with van der Waals surface area (Å²) in [7, 11) is 0. The average molecular weight is 331 g/mol. The smallest absolute Gasteiger partial charge is 0.317 e. The predicted molar refractivity (Wildman–Crippen MR) is 93.8 cm³/mol. The van der Waals surface area contributed by atoms with Gasteiger partial charge in [0, 0.05) is 45.2 Å². The van der Waals surface area contributed by atoms with Crippen LogP contribution in [0, 0.1) is 5.41 Å². The lowest BCUT2D eigenvalue weighted by Gasteiger charge is -2.33. The van der Waals surface area contributed by atoms with Gasteiger partial charge in [0.05, 0.1) is 0 Å². The van der Waals surface area contributed by atoms with E-state index in [0.29, 0.717) is 12.0 Å². The van der Waals surface area contributed by atoms with Gasteiger partial charge in [0.2, 0.25) is 0 Å². The Morgan fingerprint density at radius 3 is 2.79 bits per heavy atom. The number of pyridine rings is 1. The number of hydrogen-bond acceptors (Lipinski definition) is 3. The van der Waals surface area contributed by atoms with Crippen molar-refractivity contribution in [1.29, 1.82) is 0 Å². The summed E-state index contributed by atoms with van der Waals surface area (Å²) in [6, 6.07) is 2.09. The van der Waals surface area contributed by atoms with E-state index in [1.807, 2.05) is 23.4 Å². The van der Waals surface area contributed by atoms with Crippen LogP contribution in [0.3, 0.4) is 0 Å². The average Bonchev–Trinajstić information content (AvgIpc) is 2.96. The molecule has 0 atom stereocenters. The van der Waals surface area contributed by atoms with Crippen molar-refractivity contribution >= 4 is 6.03 Å². The lowest BCUT2D eigenvalue weighted by molar-refractivity contribution is 0.0208. The van der Waals surface area contributed by atoms with Crippen LogP contribution in [0.5, 0.6) is 0 Å². The molecule has 1 spiro atoms. The number of hydrogen-bond donors (Lipinski definition) is 1. The number of aromatic nitrogens is 1. The Kier molecular flexibility index (Phi) is 4.81. The van der Waals surface area contributed by atoms with Gasteiger partial charge in [-0.25, -0.2) is 4.79 Å². The molecule has 0 unspecified atom stereocenters. The summed E-state index contributed by atoms with van der Waals surface area (Å²) in [4.78, 5) is 18.8. The fraction of sp³-hybridized carbons (Fsp3) is 0.684. The van der Waals surface area contributed by atoms with Crippen LogP contribution >= 0.6 is 0 Å². The second kappa shape index (κ2) is 6.71. The monoisotopic (exact) mass is 331 g/mol. The SMILES string of the molecule is CC(C)(C)c1ccncc1CNC(=O)N1CCC2(CCOCC2)C1. The zero-order valence-electron chi connectivity index (χ0n) is 15.1. The number of carbonyl (C=O) groups excluding carboxylic acids is 1. The minimum Gasteiger partial charge on any atom is -0.381 e. The van der Waals surface area contributed by atoms with Crippen LogP contribution < -0.4 is 5.32 Å². The topological polar surface area (TPSA) is 54.5 Å². The third-order valence-electron chi connectivity index (χ3n) is 5.42. The van der Waals surface area contributed by atoms with Crippen molar-refractivity contribution in [3.8, 4) is 0 Å². The van der Waals surface area contributed by atoms with E-state index in [-0.39, 0.29) is 11.4 Å². The fourth-order valence-electron chi connectivity index (χ4n) is 3.90. The van der Waals surface area contributed by atoms with Crippen molar-refractivity contribution in [2.75, 3.05) is 26.3 Å². The number of urea groups is 1. The number of carbonyl (C=O) groups is 1. The summed E-state index contributed by atoms with van der Waals surface area (Å²) in [5, 5.41) is 3.09. The highest BCUT2D eigenvalue weighted by Crippen LogP contribution is 2.39. The van der Waals surface area contributed by atoms with Crippen molar-refractivity contribution in [1.82, 2.24) is 15.2 Å². The Labute approximate surface area is 144 Å². The molecule has 5 nitrogen and oxygen atoms in total. The van der Waals surface area contributed by atoms with E-state index in [0.717, 1.165) is 51.1 Å². The Morgan fingerprint density at radius 2 is 2.08 bits per heavy atom. The van der Waals surface area contributed by atoms with Gasteiger partial charge in [0.25, 0.3) is 0 Å². The van der Waals surface area contributed by atoms with Crippen LogP contribution in [0.1, 0.15) is 51.2 Å². The first-order chi connectivity index (χ1) is 11.4. The molecule has 1 aromatic rings. The van der Waals surface area contributed by atoms with Gasteiger partial charge in [0.1, 0.15) is 0 Å². The molecule has 0 aliphatic carbocycles. The first-order valence-electron chi connectivity index (χ1n) is 8.94. The number of rotatable bonds is 2. The maximum Gasteiger partial charge on any atom is 0.317 e. The molecule has 2 aliphatic rings. The summed E-state index contributed by atoms with van der Waals surface area (Å²) in [5.74, 6) is 0. The van der Waals surface area contributed by atoms with Crippen LogP contribution in [0.2, 0.25) is 0 Å². The molecule has 24 heavy (non-hydrogen) atoms. The maximum absolute atomic E-state index is 12.6. The van der Waals surface area contributed by atoms with E-state index >= 15 is 0 Å². The first-order valence-corrected chi connectivity index (χ1v) is 8.94. The van der Waals surface area contributed by atoms with Crippen LogP contribution in [0.15, 0.2) is 18.5 Å². The molecule has 3 rings (SSSR count). The van der Waals surface area contributed by atoms with Gasteiger partial charge < -0.3 is 15.0 Å². The quantitative estimate of drug-likeness (QED) is 0.906. The van der Waals surface area contributed by atoms with Gasteiger partial charge in [-0.1, -0.05) is 20.8 Å². The molecular weight excluding hydrogens is 302 g/mol. The second-order valence-electron chi connectivity index (χ2n) is 8.23. The lowest BCUT2D eigenvalue weighted by atomic mass is 9.80. The molecule has 2 amide bonds. The van der Waals surface area contributed by atoms with E-state index < -0.39 is 0 Å². The van der Waals surface area contributed by atoms with E-state index in [4.69, 9.17) is 4.74 Å². The van der Waals surface area contributed by atoms with Gasteiger partial charge in [-0.05, 0) is 47.3 Å². The van der Waals surface area contributed by atoms with Gasteiger partial charge in [-0.2, -0.15) is 0 Å². The molecule has 0 bridgehead atoms. The van der Waals surface area contributed by atoms with Crippen LogP contribution in [0.25, 0.3) is 0 Å². The van der Waals surface area contributed by atoms with Gasteiger partial charge in [-0.3, -0.25) is 4.98 Å². The van der Waals surface area contributed by atoms with Crippen molar-refractivity contribution < 1.29 is 9.53 Å². The zero-order chi connectivity index (χ0) is 17.2. The molecule has 1 aromatic heterocycles.